The molecule has 0 bridgehead atoms. The van der Waals surface area contributed by atoms with Crippen molar-refractivity contribution in [1.82, 2.24) is 9.29 Å². The third kappa shape index (κ3) is 3.45. The van der Waals surface area contributed by atoms with Crippen LogP contribution in [0.1, 0.15) is 38.2 Å². The van der Waals surface area contributed by atoms with Gasteiger partial charge in [0.25, 0.3) is 0 Å². The molecular weight excluding hydrogens is 346 g/mol. The molecule has 1 saturated heterocycles. The first kappa shape index (κ1) is 17.3. The number of nitrogens with one attached hydrogen (secondary N) is 1. The van der Waals surface area contributed by atoms with Crippen LogP contribution in [0.3, 0.4) is 0 Å². The normalized spacial score (nSPS) is 19.2. The number of hydrogen-bond acceptors (Lipinski definition) is 5. The van der Waals surface area contributed by atoms with Gasteiger partial charge in [-0.3, -0.25) is 4.79 Å². The second kappa shape index (κ2) is 6.42. The number of carbonyl (C=O) groups is 1. The van der Waals surface area contributed by atoms with Gasteiger partial charge >= 0.3 is 0 Å². The minimum absolute atomic E-state index is 0.305. The van der Waals surface area contributed by atoms with Crippen LogP contribution < -0.4 is 5.32 Å². The van der Waals surface area contributed by atoms with Crippen molar-refractivity contribution in [3.63, 3.8) is 0 Å². The van der Waals surface area contributed by atoms with Crippen molar-refractivity contribution in [2.75, 3.05) is 18.1 Å². The number of thiazole rings is 1. The summed E-state index contributed by atoms with van der Waals surface area (Å²) in [7, 11) is -3.37. The molecule has 1 aromatic heterocycles. The van der Waals surface area contributed by atoms with Crippen LogP contribution in [0.4, 0.5) is 5.13 Å². The molecule has 0 spiro atoms. The van der Waals surface area contributed by atoms with Gasteiger partial charge in [0.2, 0.25) is 15.9 Å². The van der Waals surface area contributed by atoms with Gasteiger partial charge in [-0.25, -0.2) is 13.4 Å². The van der Waals surface area contributed by atoms with Crippen LogP contribution in [0.15, 0.2) is 18.2 Å². The van der Waals surface area contributed by atoms with Gasteiger partial charge in [-0.15, -0.1) is 0 Å². The van der Waals surface area contributed by atoms with Crippen LogP contribution >= 0.6 is 11.3 Å². The van der Waals surface area contributed by atoms with Crippen LogP contribution in [0.5, 0.6) is 0 Å². The summed E-state index contributed by atoms with van der Waals surface area (Å²) >= 11 is 1.41. The fourth-order valence-electron chi connectivity index (χ4n) is 2.94. The Hall–Kier alpha value is -1.51. The van der Waals surface area contributed by atoms with Crippen LogP contribution in [-0.2, 0) is 14.8 Å². The largest absolute Gasteiger partial charge is 0.301 e. The summed E-state index contributed by atoms with van der Waals surface area (Å²) in [5, 5.41) is 3.30. The van der Waals surface area contributed by atoms with E-state index in [-0.39, 0.29) is 5.91 Å². The van der Waals surface area contributed by atoms with E-state index in [4.69, 9.17) is 0 Å². The Balaban J connectivity index is 1.80. The predicted octanol–water partition coefficient (Wildman–Crippen LogP) is 2.78. The molecule has 2 heterocycles. The van der Waals surface area contributed by atoms with Gasteiger partial charge in [0.05, 0.1) is 16.5 Å². The third-order valence-electron chi connectivity index (χ3n) is 4.24. The van der Waals surface area contributed by atoms with E-state index in [0.717, 1.165) is 16.5 Å². The van der Waals surface area contributed by atoms with Crippen molar-refractivity contribution in [3.05, 3.63) is 23.8 Å². The smallest absolute Gasteiger partial charge is 0.244 e. The summed E-state index contributed by atoms with van der Waals surface area (Å²) in [6, 6.07) is 5.44. The first-order valence-electron chi connectivity index (χ1n) is 7.94. The summed E-state index contributed by atoms with van der Waals surface area (Å²) < 4.78 is 25.8. The standard InChI is InChI=1S/C16H21N3O3S2/c1-10(2)11-6-7-12-14(9-11)23-16(17-12)18-15(20)13-5-4-8-19(13)24(3,21)22/h6-7,9-10,13H,4-5,8H2,1-3H3,(H,17,18,20). The number of sulfonamides is 1. The Morgan fingerprint density at radius 2 is 2.17 bits per heavy atom. The number of aromatic nitrogens is 1. The maximum atomic E-state index is 12.5. The number of carbonyl (C=O) groups excluding carboxylic acids is 1. The highest BCUT2D eigenvalue weighted by atomic mass is 32.2. The maximum absolute atomic E-state index is 12.5. The molecule has 2 aromatic rings. The Bertz CT molecular complexity index is 874. The average molecular weight is 367 g/mol. The molecule has 1 aliphatic rings. The van der Waals surface area contributed by atoms with Crippen molar-refractivity contribution < 1.29 is 13.2 Å². The number of rotatable bonds is 4. The zero-order chi connectivity index (χ0) is 17.5. The highest BCUT2D eigenvalue weighted by Crippen LogP contribution is 2.30. The molecule has 1 aromatic carbocycles. The third-order valence-corrected chi connectivity index (χ3v) is 6.46. The number of amides is 1. The lowest BCUT2D eigenvalue weighted by Gasteiger charge is -2.20. The first-order chi connectivity index (χ1) is 11.3. The number of nitrogens with zero attached hydrogens (tertiary/aromatic N) is 2. The quantitative estimate of drug-likeness (QED) is 0.901. The summed E-state index contributed by atoms with van der Waals surface area (Å²) in [6.07, 6.45) is 2.38. The van der Waals surface area contributed by atoms with Crippen molar-refractivity contribution in [3.8, 4) is 0 Å². The highest BCUT2D eigenvalue weighted by Gasteiger charge is 2.36. The van der Waals surface area contributed by atoms with Crippen molar-refractivity contribution in [2.24, 2.45) is 0 Å². The molecule has 8 heteroatoms. The van der Waals surface area contributed by atoms with E-state index in [2.05, 4.69) is 30.2 Å². The Kier molecular flexibility index (Phi) is 4.63. The van der Waals surface area contributed by atoms with E-state index in [1.54, 1.807) is 0 Å². The van der Waals surface area contributed by atoms with E-state index in [1.165, 1.54) is 21.2 Å². The van der Waals surface area contributed by atoms with E-state index in [9.17, 15) is 13.2 Å². The molecule has 1 atom stereocenters. The SMILES string of the molecule is CC(C)c1ccc2nc(NC(=O)C3CCCN3S(C)(=O)=O)sc2c1. The van der Waals surface area contributed by atoms with Crippen LogP contribution in [0.25, 0.3) is 10.2 Å². The van der Waals surface area contributed by atoms with E-state index < -0.39 is 16.1 Å². The molecule has 130 valence electrons. The lowest BCUT2D eigenvalue weighted by atomic mass is 10.0. The highest BCUT2D eigenvalue weighted by molar-refractivity contribution is 7.88. The van der Waals surface area contributed by atoms with Crippen molar-refractivity contribution >= 4 is 42.6 Å². The van der Waals surface area contributed by atoms with E-state index in [1.807, 2.05) is 12.1 Å². The predicted molar refractivity (Wildman–Crippen MR) is 96.9 cm³/mol. The molecule has 1 amide bonds. The monoisotopic (exact) mass is 367 g/mol. The van der Waals surface area contributed by atoms with Crippen molar-refractivity contribution in [2.45, 2.75) is 38.6 Å². The fourth-order valence-corrected chi connectivity index (χ4v) is 4.98. The second-order valence-electron chi connectivity index (χ2n) is 6.42. The van der Waals surface area contributed by atoms with Crippen LogP contribution in [-0.4, -0.2) is 42.5 Å². The Labute approximate surface area is 145 Å². The lowest BCUT2D eigenvalue weighted by molar-refractivity contribution is -0.119. The number of benzene rings is 1. The second-order valence-corrected chi connectivity index (χ2v) is 9.39. The van der Waals surface area contributed by atoms with Gasteiger partial charge in [-0.05, 0) is 36.5 Å². The van der Waals surface area contributed by atoms with Crippen LogP contribution in [0.2, 0.25) is 0 Å². The zero-order valence-electron chi connectivity index (χ0n) is 13.9. The summed E-state index contributed by atoms with van der Waals surface area (Å²) in [5.41, 5.74) is 2.06. The van der Waals surface area contributed by atoms with Gasteiger partial charge < -0.3 is 5.32 Å². The summed E-state index contributed by atoms with van der Waals surface area (Å²) in [4.78, 5) is 16.9. The molecule has 24 heavy (non-hydrogen) atoms. The average Bonchev–Trinajstić information content (AvgIpc) is 3.11. The topological polar surface area (TPSA) is 79.4 Å². The molecule has 1 unspecified atom stereocenters. The van der Waals surface area contributed by atoms with Gasteiger partial charge in [-0.1, -0.05) is 31.3 Å². The summed E-state index contributed by atoms with van der Waals surface area (Å²) in [6.45, 7) is 4.66. The zero-order valence-corrected chi connectivity index (χ0v) is 15.6. The molecule has 6 nitrogen and oxygen atoms in total. The molecule has 0 aliphatic carbocycles. The van der Waals surface area contributed by atoms with Gasteiger partial charge in [0.1, 0.15) is 6.04 Å². The van der Waals surface area contributed by atoms with E-state index >= 15 is 0 Å². The minimum Gasteiger partial charge on any atom is -0.301 e. The van der Waals surface area contributed by atoms with Crippen molar-refractivity contribution in [1.29, 1.82) is 0 Å². The first-order valence-corrected chi connectivity index (χ1v) is 10.6. The number of anilines is 1. The molecule has 3 rings (SSSR count). The number of fused-ring (bicyclic) bond motifs is 1. The summed E-state index contributed by atoms with van der Waals surface area (Å²) in [5.74, 6) is 0.123. The van der Waals surface area contributed by atoms with Gasteiger partial charge in [0.15, 0.2) is 5.13 Å². The molecule has 0 radical (unpaired) electrons. The Morgan fingerprint density at radius 1 is 1.42 bits per heavy atom. The van der Waals surface area contributed by atoms with Crippen LogP contribution in [0, 0.1) is 0 Å². The molecule has 1 N–H and O–H groups in total. The minimum atomic E-state index is -3.37. The van der Waals surface area contributed by atoms with E-state index in [0.29, 0.717) is 30.4 Å². The molecule has 1 aliphatic heterocycles. The fraction of sp³-hybridized carbons (Fsp3) is 0.500. The van der Waals surface area contributed by atoms with Gasteiger partial charge in [0, 0.05) is 6.54 Å². The molecule has 1 fully saturated rings. The molecule has 0 saturated carbocycles. The number of hydrogen-bond donors (Lipinski definition) is 1. The molecular formula is C16H21N3O3S2. The Morgan fingerprint density at radius 3 is 2.83 bits per heavy atom. The maximum Gasteiger partial charge on any atom is 0.244 e. The lowest BCUT2D eigenvalue weighted by Crippen LogP contribution is -2.42. The van der Waals surface area contributed by atoms with Gasteiger partial charge in [-0.2, -0.15) is 4.31 Å².